The summed E-state index contributed by atoms with van der Waals surface area (Å²) in [6.45, 7) is 2.12. The molecule has 2 aliphatic heterocycles. The zero-order valence-corrected chi connectivity index (χ0v) is 18.2. The molecule has 2 aromatic carbocycles. The van der Waals surface area contributed by atoms with Crippen molar-refractivity contribution >= 4 is 62.6 Å². The SMILES string of the molecule is CCS[C@]12SC(c3ccccc3)=C(I)[C@H]1N(c1ccc(OC)cc1)C2=O. The molecule has 26 heavy (non-hydrogen) atoms. The Bertz CT molecular complexity index is 869. The number of rotatable bonds is 5. The van der Waals surface area contributed by atoms with Crippen LogP contribution in [0, 0.1) is 0 Å². The summed E-state index contributed by atoms with van der Waals surface area (Å²) >= 11 is 5.91. The van der Waals surface area contributed by atoms with E-state index >= 15 is 0 Å². The minimum Gasteiger partial charge on any atom is -0.497 e. The number of hydrogen-bond acceptors (Lipinski definition) is 4. The number of β-lactam (4-membered cyclic amide) rings is 1. The van der Waals surface area contributed by atoms with E-state index in [1.807, 2.05) is 35.2 Å². The van der Waals surface area contributed by atoms with Crippen LogP contribution >= 0.6 is 46.1 Å². The summed E-state index contributed by atoms with van der Waals surface area (Å²) in [5, 5.41) is 0. The molecule has 0 unspecified atom stereocenters. The van der Waals surface area contributed by atoms with Gasteiger partial charge in [-0.25, -0.2) is 0 Å². The van der Waals surface area contributed by atoms with Crippen molar-refractivity contribution in [2.45, 2.75) is 17.0 Å². The lowest BCUT2D eigenvalue weighted by atomic mass is 9.97. The van der Waals surface area contributed by atoms with Gasteiger partial charge in [0.2, 0.25) is 0 Å². The Morgan fingerprint density at radius 1 is 1.19 bits per heavy atom. The molecular formula is C20H18INO2S2. The summed E-state index contributed by atoms with van der Waals surface area (Å²) in [5.41, 5.74) is 2.12. The van der Waals surface area contributed by atoms with Gasteiger partial charge in [-0.3, -0.25) is 9.69 Å². The molecule has 1 fully saturated rings. The molecule has 0 bridgehead atoms. The van der Waals surface area contributed by atoms with E-state index < -0.39 is 4.08 Å². The van der Waals surface area contributed by atoms with Gasteiger partial charge in [-0.05, 0) is 58.2 Å². The molecule has 134 valence electrons. The summed E-state index contributed by atoms with van der Waals surface area (Å²) < 4.78 is 6.06. The van der Waals surface area contributed by atoms with Crippen molar-refractivity contribution in [3.63, 3.8) is 0 Å². The number of carbonyl (C=O) groups excluding carboxylic acids is 1. The van der Waals surface area contributed by atoms with Crippen LogP contribution in [0.2, 0.25) is 0 Å². The van der Waals surface area contributed by atoms with E-state index in [1.165, 1.54) is 14.0 Å². The summed E-state index contributed by atoms with van der Waals surface area (Å²) in [7, 11) is 1.65. The average molecular weight is 495 g/mol. The molecule has 0 radical (unpaired) electrons. The number of methoxy groups -OCH3 is 1. The van der Waals surface area contributed by atoms with Crippen molar-refractivity contribution < 1.29 is 9.53 Å². The lowest BCUT2D eigenvalue weighted by Gasteiger charge is -2.51. The molecule has 0 aliphatic carbocycles. The zero-order chi connectivity index (χ0) is 18.3. The maximum atomic E-state index is 13.3. The Morgan fingerprint density at radius 3 is 2.50 bits per heavy atom. The standard InChI is InChI=1S/C20H18INO2S2/c1-3-25-20-18(16(21)17(26-20)13-7-5-4-6-8-13)22(19(20)23)14-9-11-15(24-2)12-10-14/h4-12,18H,3H2,1-2H3/t18-,20+/m1/s1. The van der Waals surface area contributed by atoms with Gasteiger partial charge in [-0.1, -0.05) is 49.0 Å². The molecule has 1 amide bonds. The third-order valence-corrected chi connectivity index (χ3v) is 9.17. The zero-order valence-electron chi connectivity index (χ0n) is 14.4. The van der Waals surface area contributed by atoms with Crippen molar-refractivity contribution in [1.82, 2.24) is 0 Å². The largest absolute Gasteiger partial charge is 0.497 e. The minimum absolute atomic E-state index is 0.0779. The lowest BCUT2D eigenvalue weighted by Crippen LogP contribution is -2.69. The molecule has 0 N–H and O–H groups in total. The van der Waals surface area contributed by atoms with Crippen LogP contribution in [0.15, 0.2) is 58.2 Å². The average Bonchev–Trinajstić information content (AvgIpc) is 2.93. The Morgan fingerprint density at radius 2 is 1.88 bits per heavy atom. The first-order valence-corrected chi connectivity index (χ1v) is 11.3. The number of hydrogen-bond donors (Lipinski definition) is 0. The summed E-state index contributed by atoms with van der Waals surface area (Å²) in [5.74, 6) is 1.90. The highest BCUT2D eigenvalue weighted by atomic mass is 127. The van der Waals surface area contributed by atoms with Crippen LogP contribution in [0.3, 0.4) is 0 Å². The highest BCUT2D eigenvalue weighted by Gasteiger charge is 2.67. The summed E-state index contributed by atoms with van der Waals surface area (Å²) in [6.07, 6.45) is 0. The van der Waals surface area contributed by atoms with E-state index in [0.717, 1.165) is 17.2 Å². The van der Waals surface area contributed by atoms with Crippen LogP contribution in [0.1, 0.15) is 12.5 Å². The van der Waals surface area contributed by atoms with Gasteiger partial charge in [0.1, 0.15) is 11.8 Å². The molecule has 1 saturated heterocycles. The van der Waals surface area contributed by atoms with Crippen molar-refractivity contribution in [3.8, 4) is 5.75 Å². The van der Waals surface area contributed by atoms with E-state index in [4.69, 9.17) is 4.74 Å². The fraction of sp³-hybridized carbons (Fsp3) is 0.250. The van der Waals surface area contributed by atoms with Crippen LogP contribution in [-0.2, 0) is 4.79 Å². The van der Waals surface area contributed by atoms with Crippen LogP contribution in [0.25, 0.3) is 4.91 Å². The maximum Gasteiger partial charge on any atom is 0.257 e. The molecule has 2 aromatic rings. The second kappa shape index (κ2) is 7.13. The Balaban J connectivity index is 1.75. The van der Waals surface area contributed by atoms with Crippen LogP contribution in [-0.4, -0.2) is 28.9 Å². The van der Waals surface area contributed by atoms with Crippen LogP contribution in [0.4, 0.5) is 5.69 Å². The monoisotopic (exact) mass is 495 g/mol. The number of anilines is 1. The normalized spacial score (nSPS) is 24.5. The Kier molecular flexibility index (Phi) is 5.00. The first-order valence-electron chi connectivity index (χ1n) is 8.38. The molecule has 0 spiro atoms. The number of nitrogens with zero attached hydrogens (tertiary/aromatic N) is 1. The first-order chi connectivity index (χ1) is 12.6. The molecule has 2 aliphatic rings. The number of amides is 1. The second-order valence-corrected chi connectivity index (χ2v) is 10.2. The number of fused-ring (bicyclic) bond motifs is 1. The van der Waals surface area contributed by atoms with Crippen molar-refractivity contribution in [2.75, 3.05) is 17.8 Å². The van der Waals surface area contributed by atoms with Crippen molar-refractivity contribution in [3.05, 3.63) is 63.7 Å². The van der Waals surface area contributed by atoms with E-state index in [-0.39, 0.29) is 11.9 Å². The number of carbonyl (C=O) groups is 1. The van der Waals surface area contributed by atoms with E-state index in [9.17, 15) is 4.79 Å². The number of ether oxygens (including phenoxy) is 1. The number of benzene rings is 2. The summed E-state index contributed by atoms with van der Waals surface area (Å²) in [4.78, 5) is 16.4. The third-order valence-electron chi connectivity index (χ3n) is 4.59. The second-order valence-electron chi connectivity index (χ2n) is 6.02. The fourth-order valence-corrected chi connectivity index (χ4v) is 8.36. The molecule has 4 rings (SSSR count). The van der Waals surface area contributed by atoms with Gasteiger partial charge in [0.15, 0.2) is 4.08 Å². The lowest BCUT2D eigenvalue weighted by molar-refractivity contribution is -0.123. The Labute approximate surface area is 175 Å². The molecular weight excluding hydrogens is 477 g/mol. The molecule has 2 heterocycles. The van der Waals surface area contributed by atoms with E-state index in [0.29, 0.717) is 0 Å². The van der Waals surface area contributed by atoms with Crippen molar-refractivity contribution in [1.29, 1.82) is 0 Å². The minimum atomic E-state index is -0.434. The molecule has 6 heteroatoms. The molecule has 0 saturated carbocycles. The number of halogens is 1. The van der Waals surface area contributed by atoms with Crippen LogP contribution in [0.5, 0.6) is 5.75 Å². The molecule has 0 aromatic heterocycles. The van der Waals surface area contributed by atoms with E-state index in [1.54, 1.807) is 30.6 Å². The molecule has 2 atom stereocenters. The Hall–Kier alpha value is -1.12. The predicted octanol–water partition coefficient (Wildman–Crippen LogP) is 5.41. The molecule has 3 nitrogen and oxygen atoms in total. The smallest absolute Gasteiger partial charge is 0.257 e. The van der Waals surface area contributed by atoms with Crippen LogP contribution < -0.4 is 9.64 Å². The maximum absolute atomic E-state index is 13.3. The fourth-order valence-electron chi connectivity index (χ4n) is 3.39. The van der Waals surface area contributed by atoms with E-state index in [2.05, 4.69) is 53.8 Å². The van der Waals surface area contributed by atoms with Gasteiger partial charge in [0, 0.05) is 14.2 Å². The highest BCUT2D eigenvalue weighted by Crippen LogP contribution is 2.65. The summed E-state index contributed by atoms with van der Waals surface area (Å²) in [6, 6.07) is 18.2. The quantitative estimate of drug-likeness (QED) is 0.410. The predicted molar refractivity (Wildman–Crippen MR) is 120 cm³/mol. The topological polar surface area (TPSA) is 29.5 Å². The number of thioether (sulfide) groups is 2. The highest BCUT2D eigenvalue weighted by molar-refractivity contribution is 14.1. The first kappa shape index (κ1) is 18.3. The van der Waals surface area contributed by atoms with Gasteiger partial charge >= 0.3 is 0 Å². The third kappa shape index (κ3) is 2.68. The van der Waals surface area contributed by atoms with Gasteiger partial charge < -0.3 is 4.74 Å². The van der Waals surface area contributed by atoms with Gasteiger partial charge in [0.05, 0.1) is 7.11 Å². The van der Waals surface area contributed by atoms with Gasteiger partial charge in [0.25, 0.3) is 5.91 Å². The van der Waals surface area contributed by atoms with Gasteiger partial charge in [-0.15, -0.1) is 11.8 Å². The van der Waals surface area contributed by atoms with Gasteiger partial charge in [-0.2, -0.15) is 0 Å². The van der Waals surface area contributed by atoms with Crippen molar-refractivity contribution in [2.24, 2.45) is 0 Å².